The molecule has 1 aromatic heterocycles. The molecule has 0 aromatic carbocycles. The van der Waals surface area contributed by atoms with Gasteiger partial charge in [-0.25, -0.2) is 0 Å². The van der Waals surface area contributed by atoms with E-state index in [1.165, 1.54) is 6.26 Å². The summed E-state index contributed by atoms with van der Waals surface area (Å²) in [6, 6.07) is 3.45. The summed E-state index contributed by atoms with van der Waals surface area (Å²) in [6.07, 6.45) is 1.53. The van der Waals surface area contributed by atoms with Crippen LogP contribution in [0.15, 0.2) is 22.8 Å². The zero-order chi connectivity index (χ0) is 9.15. The van der Waals surface area contributed by atoms with Crippen molar-refractivity contribution < 1.29 is 19.0 Å². The van der Waals surface area contributed by atoms with E-state index in [1.807, 2.05) is 0 Å². The van der Waals surface area contributed by atoms with E-state index in [9.17, 15) is 5.11 Å². The van der Waals surface area contributed by atoms with Gasteiger partial charge < -0.3 is 19.0 Å². The Morgan fingerprint density at radius 3 is 2.46 bits per heavy atom. The first kappa shape index (κ1) is 8.74. The summed E-state index contributed by atoms with van der Waals surface area (Å²) >= 11 is 0. The molecule has 1 saturated heterocycles. The monoisotopic (exact) mass is 184 g/mol. The molecule has 0 spiro atoms. The lowest BCUT2D eigenvalue weighted by Crippen LogP contribution is -2.34. The van der Waals surface area contributed by atoms with Crippen LogP contribution in [-0.2, 0) is 15.1 Å². The molecule has 1 N–H and O–H groups in total. The molecule has 13 heavy (non-hydrogen) atoms. The number of hydrogen-bond donors (Lipinski definition) is 1. The van der Waals surface area contributed by atoms with Gasteiger partial charge in [0.25, 0.3) is 0 Å². The molecule has 0 bridgehead atoms. The van der Waals surface area contributed by atoms with E-state index >= 15 is 0 Å². The Bertz CT molecular complexity index is 247. The first-order valence-electron chi connectivity index (χ1n) is 4.23. The molecule has 0 unspecified atom stereocenters. The predicted molar refractivity (Wildman–Crippen MR) is 44.2 cm³/mol. The molecular formula is C9H12O4. The highest BCUT2D eigenvalue weighted by Crippen LogP contribution is 2.23. The summed E-state index contributed by atoms with van der Waals surface area (Å²) in [5.41, 5.74) is -1.12. The maximum absolute atomic E-state index is 10.1. The van der Waals surface area contributed by atoms with Gasteiger partial charge in [0.2, 0.25) is 0 Å². The van der Waals surface area contributed by atoms with Crippen molar-refractivity contribution in [2.24, 2.45) is 0 Å². The highest BCUT2D eigenvalue weighted by atomic mass is 16.6. The van der Waals surface area contributed by atoms with Gasteiger partial charge in [0.05, 0.1) is 32.7 Å². The Kier molecular flexibility index (Phi) is 2.35. The third-order valence-electron chi connectivity index (χ3n) is 2.03. The van der Waals surface area contributed by atoms with Gasteiger partial charge in [0.1, 0.15) is 5.76 Å². The highest BCUT2D eigenvalue weighted by molar-refractivity contribution is 5.09. The Hall–Kier alpha value is -0.840. The molecule has 0 saturated carbocycles. The Morgan fingerprint density at radius 2 is 1.92 bits per heavy atom. The zero-order valence-corrected chi connectivity index (χ0v) is 7.23. The van der Waals surface area contributed by atoms with Gasteiger partial charge >= 0.3 is 0 Å². The van der Waals surface area contributed by atoms with E-state index in [4.69, 9.17) is 13.9 Å². The van der Waals surface area contributed by atoms with Crippen LogP contribution in [0, 0.1) is 0 Å². The van der Waals surface area contributed by atoms with Crippen molar-refractivity contribution in [2.75, 3.05) is 26.4 Å². The van der Waals surface area contributed by atoms with E-state index in [2.05, 4.69) is 0 Å². The lowest BCUT2D eigenvalue weighted by molar-refractivity contribution is -0.0738. The Morgan fingerprint density at radius 1 is 1.23 bits per heavy atom. The Labute approximate surface area is 76.1 Å². The third-order valence-corrected chi connectivity index (χ3v) is 2.03. The second-order valence-corrected chi connectivity index (χ2v) is 3.11. The van der Waals surface area contributed by atoms with Gasteiger partial charge in [-0.1, -0.05) is 0 Å². The van der Waals surface area contributed by atoms with Crippen molar-refractivity contribution in [3.05, 3.63) is 24.2 Å². The molecule has 1 aromatic rings. The average molecular weight is 184 g/mol. The summed E-state index contributed by atoms with van der Waals surface area (Å²) < 4.78 is 15.5. The minimum absolute atomic E-state index is 0.223. The smallest absolute Gasteiger partial charge is 0.168 e. The van der Waals surface area contributed by atoms with Crippen LogP contribution in [0.2, 0.25) is 0 Å². The molecule has 2 heterocycles. The molecule has 72 valence electrons. The normalized spacial score (nSPS) is 22.5. The van der Waals surface area contributed by atoms with Crippen LogP contribution < -0.4 is 0 Å². The Balaban J connectivity index is 2.17. The maximum atomic E-state index is 10.1. The van der Waals surface area contributed by atoms with Crippen LogP contribution in [0.3, 0.4) is 0 Å². The van der Waals surface area contributed by atoms with Crippen LogP contribution in [-0.4, -0.2) is 31.5 Å². The van der Waals surface area contributed by atoms with Crippen LogP contribution in [0.1, 0.15) is 5.76 Å². The number of aliphatic hydroxyl groups is 1. The van der Waals surface area contributed by atoms with Gasteiger partial charge in [-0.3, -0.25) is 0 Å². The van der Waals surface area contributed by atoms with Gasteiger partial charge in [0.15, 0.2) is 5.60 Å². The molecule has 0 atom stereocenters. The van der Waals surface area contributed by atoms with Crippen molar-refractivity contribution in [1.29, 1.82) is 0 Å². The SMILES string of the molecule is OC1(c2ccco2)COCCOC1. The van der Waals surface area contributed by atoms with E-state index in [0.29, 0.717) is 19.0 Å². The number of furan rings is 1. The quantitative estimate of drug-likeness (QED) is 0.691. The topological polar surface area (TPSA) is 51.8 Å². The second kappa shape index (κ2) is 3.49. The molecule has 4 heteroatoms. The molecule has 1 fully saturated rings. The van der Waals surface area contributed by atoms with Crippen LogP contribution >= 0.6 is 0 Å². The van der Waals surface area contributed by atoms with E-state index in [-0.39, 0.29) is 13.2 Å². The largest absolute Gasteiger partial charge is 0.466 e. The van der Waals surface area contributed by atoms with Crippen molar-refractivity contribution in [3.63, 3.8) is 0 Å². The predicted octanol–water partition coefficient (Wildman–Crippen LogP) is 0.514. The molecule has 1 aliphatic rings. The van der Waals surface area contributed by atoms with Crippen molar-refractivity contribution in [3.8, 4) is 0 Å². The lowest BCUT2D eigenvalue weighted by atomic mass is 10.0. The number of rotatable bonds is 1. The van der Waals surface area contributed by atoms with Crippen molar-refractivity contribution in [1.82, 2.24) is 0 Å². The maximum Gasteiger partial charge on any atom is 0.168 e. The van der Waals surface area contributed by atoms with Crippen molar-refractivity contribution in [2.45, 2.75) is 5.60 Å². The van der Waals surface area contributed by atoms with Crippen LogP contribution in [0.5, 0.6) is 0 Å². The first-order valence-corrected chi connectivity index (χ1v) is 4.23. The number of hydrogen-bond acceptors (Lipinski definition) is 4. The fourth-order valence-electron chi connectivity index (χ4n) is 1.33. The van der Waals surface area contributed by atoms with Crippen molar-refractivity contribution >= 4 is 0 Å². The lowest BCUT2D eigenvalue weighted by Gasteiger charge is -2.22. The molecule has 0 aliphatic carbocycles. The summed E-state index contributed by atoms with van der Waals surface area (Å²) in [4.78, 5) is 0. The molecular weight excluding hydrogens is 172 g/mol. The molecule has 1 aliphatic heterocycles. The molecule has 0 radical (unpaired) electrons. The minimum Gasteiger partial charge on any atom is -0.466 e. The summed E-state index contributed by atoms with van der Waals surface area (Å²) in [6.45, 7) is 1.48. The molecule has 0 amide bonds. The zero-order valence-electron chi connectivity index (χ0n) is 7.23. The van der Waals surface area contributed by atoms with Gasteiger partial charge in [-0.05, 0) is 12.1 Å². The third kappa shape index (κ3) is 1.75. The standard InChI is InChI=1S/C9H12O4/c10-9(8-2-1-3-13-8)6-11-4-5-12-7-9/h1-3,10H,4-7H2. The summed E-state index contributed by atoms with van der Waals surface area (Å²) in [7, 11) is 0. The van der Waals surface area contributed by atoms with E-state index in [1.54, 1.807) is 12.1 Å². The first-order chi connectivity index (χ1) is 6.31. The fraction of sp³-hybridized carbons (Fsp3) is 0.556. The van der Waals surface area contributed by atoms with Crippen LogP contribution in [0.4, 0.5) is 0 Å². The second-order valence-electron chi connectivity index (χ2n) is 3.11. The van der Waals surface area contributed by atoms with Gasteiger partial charge in [0, 0.05) is 0 Å². The highest BCUT2D eigenvalue weighted by Gasteiger charge is 2.34. The van der Waals surface area contributed by atoms with E-state index < -0.39 is 5.60 Å². The minimum atomic E-state index is -1.12. The molecule has 2 rings (SSSR count). The summed E-state index contributed by atoms with van der Waals surface area (Å²) in [5, 5.41) is 10.1. The van der Waals surface area contributed by atoms with Crippen LogP contribution in [0.25, 0.3) is 0 Å². The number of ether oxygens (including phenoxy) is 2. The fourth-order valence-corrected chi connectivity index (χ4v) is 1.33. The average Bonchev–Trinajstić information content (AvgIpc) is 2.57. The van der Waals surface area contributed by atoms with Gasteiger partial charge in [-0.2, -0.15) is 0 Å². The summed E-state index contributed by atoms with van der Waals surface area (Å²) in [5.74, 6) is 0.495. The van der Waals surface area contributed by atoms with Gasteiger partial charge in [-0.15, -0.1) is 0 Å². The van der Waals surface area contributed by atoms with E-state index in [0.717, 1.165) is 0 Å². The molecule has 4 nitrogen and oxygen atoms in total.